The SMILES string of the molecule is CC1(C)CC(c2ccccc2)C(CC(=O)c2ccccc2)N(O[Si](C)(C)C(C)(C)C)O1. The molecule has 0 saturated carbocycles. The Morgan fingerprint density at radius 3 is 2.16 bits per heavy atom. The first-order valence-electron chi connectivity index (χ1n) is 11.2. The van der Waals surface area contributed by atoms with Crippen LogP contribution in [0.5, 0.6) is 0 Å². The molecule has 3 rings (SSSR count). The highest BCUT2D eigenvalue weighted by Crippen LogP contribution is 2.44. The standard InChI is InChI=1S/C26H37NO3Si/c1-25(2,3)31(6,7)30-27-23(18-24(28)21-16-12-9-13-17-21)22(19-26(4,5)29-27)20-14-10-8-11-15-20/h8-17,22-23H,18-19H2,1-7H3. The molecule has 0 radical (unpaired) electrons. The summed E-state index contributed by atoms with van der Waals surface area (Å²) in [5.41, 5.74) is 1.55. The molecule has 5 heteroatoms. The van der Waals surface area contributed by atoms with E-state index in [9.17, 15) is 4.79 Å². The first-order valence-corrected chi connectivity index (χ1v) is 14.1. The molecule has 1 saturated heterocycles. The Labute approximate surface area is 188 Å². The summed E-state index contributed by atoms with van der Waals surface area (Å²) in [7, 11) is -2.17. The van der Waals surface area contributed by atoms with Crippen LogP contribution in [0.25, 0.3) is 0 Å². The lowest BCUT2D eigenvalue weighted by molar-refractivity contribution is -0.410. The quantitative estimate of drug-likeness (QED) is 0.368. The molecule has 1 aliphatic heterocycles. The number of nitrogens with zero attached hydrogens (tertiary/aromatic N) is 1. The normalized spacial score (nSPS) is 22.3. The maximum absolute atomic E-state index is 13.2. The highest BCUT2D eigenvalue weighted by atomic mass is 28.4. The van der Waals surface area contributed by atoms with Gasteiger partial charge in [-0.05, 0) is 44.0 Å². The van der Waals surface area contributed by atoms with E-state index in [4.69, 9.17) is 9.36 Å². The molecule has 0 N–H and O–H groups in total. The van der Waals surface area contributed by atoms with Crippen molar-refractivity contribution in [2.75, 3.05) is 0 Å². The van der Waals surface area contributed by atoms with Crippen molar-refractivity contribution in [3.05, 3.63) is 71.8 Å². The monoisotopic (exact) mass is 439 g/mol. The Kier molecular flexibility index (Phi) is 6.92. The van der Waals surface area contributed by atoms with Crippen molar-refractivity contribution in [3.8, 4) is 0 Å². The largest absolute Gasteiger partial charge is 0.320 e. The van der Waals surface area contributed by atoms with Gasteiger partial charge in [-0.15, -0.1) is 0 Å². The zero-order valence-electron chi connectivity index (χ0n) is 20.0. The number of hydroxylamine groups is 2. The summed E-state index contributed by atoms with van der Waals surface area (Å²) in [5, 5.41) is 1.73. The molecule has 2 atom stereocenters. The van der Waals surface area contributed by atoms with Crippen molar-refractivity contribution in [2.45, 2.75) is 83.2 Å². The summed E-state index contributed by atoms with van der Waals surface area (Å²) in [5.74, 6) is 0.237. The van der Waals surface area contributed by atoms with Crippen molar-refractivity contribution >= 4 is 14.1 Å². The van der Waals surface area contributed by atoms with E-state index in [0.29, 0.717) is 6.42 Å². The van der Waals surface area contributed by atoms with Crippen LogP contribution in [-0.4, -0.2) is 31.0 Å². The number of Topliss-reactive ketones (excluding diaryl/α,β-unsaturated/α-hetero) is 1. The van der Waals surface area contributed by atoms with Crippen LogP contribution in [-0.2, 0) is 9.36 Å². The van der Waals surface area contributed by atoms with E-state index >= 15 is 0 Å². The average molecular weight is 440 g/mol. The summed E-state index contributed by atoms with van der Waals surface area (Å²) >= 11 is 0. The third-order valence-corrected chi connectivity index (χ3v) is 10.9. The minimum absolute atomic E-state index is 0.0220. The van der Waals surface area contributed by atoms with E-state index in [1.165, 1.54) is 5.56 Å². The summed E-state index contributed by atoms with van der Waals surface area (Å²) in [6.07, 6.45) is 1.16. The van der Waals surface area contributed by atoms with E-state index in [1.54, 1.807) is 5.23 Å². The summed E-state index contributed by atoms with van der Waals surface area (Å²) in [4.78, 5) is 19.6. The Morgan fingerprint density at radius 2 is 1.61 bits per heavy atom. The summed E-state index contributed by atoms with van der Waals surface area (Å²) in [6, 6.07) is 19.8. The Balaban J connectivity index is 1.99. The number of carbonyl (C=O) groups is 1. The predicted octanol–water partition coefficient (Wildman–Crippen LogP) is 6.76. The van der Waals surface area contributed by atoms with Gasteiger partial charge in [-0.1, -0.05) is 86.7 Å². The number of hydrogen-bond donors (Lipinski definition) is 0. The van der Waals surface area contributed by atoms with E-state index in [0.717, 1.165) is 12.0 Å². The molecule has 0 amide bonds. The van der Waals surface area contributed by atoms with Crippen LogP contribution >= 0.6 is 0 Å². The van der Waals surface area contributed by atoms with E-state index in [2.05, 4.69) is 72.0 Å². The molecule has 1 aliphatic rings. The molecule has 4 nitrogen and oxygen atoms in total. The second kappa shape index (κ2) is 8.98. The fourth-order valence-electron chi connectivity index (χ4n) is 3.80. The molecule has 1 heterocycles. The van der Waals surface area contributed by atoms with Crippen LogP contribution < -0.4 is 0 Å². The number of benzene rings is 2. The number of ketones is 1. The lowest BCUT2D eigenvalue weighted by Gasteiger charge is -2.50. The molecule has 2 aromatic rings. The minimum Gasteiger partial charge on any atom is -0.320 e. The molecule has 2 unspecified atom stereocenters. The second-order valence-corrected chi connectivity index (χ2v) is 15.5. The lowest BCUT2D eigenvalue weighted by atomic mass is 9.79. The number of rotatable bonds is 6. The molecule has 2 aromatic carbocycles. The van der Waals surface area contributed by atoms with Gasteiger partial charge >= 0.3 is 0 Å². The molecule has 0 aliphatic carbocycles. The topological polar surface area (TPSA) is 38.8 Å². The number of hydrogen-bond acceptors (Lipinski definition) is 4. The van der Waals surface area contributed by atoms with Gasteiger partial charge in [0, 0.05) is 17.9 Å². The van der Waals surface area contributed by atoms with Crippen LogP contribution in [0.4, 0.5) is 0 Å². The third kappa shape index (κ3) is 5.72. The summed E-state index contributed by atoms with van der Waals surface area (Å²) in [6.45, 7) is 15.3. The van der Waals surface area contributed by atoms with Gasteiger partial charge in [0.05, 0.1) is 11.6 Å². The molecule has 31 heavy (non-hydrogen) atoms. The molecule has 0 spiro atoms. The van der Waals surface area contributed by atoms with Gasteiger partial charge in [0.2, 0.25) is 8.32 Å². The molecule has 168 valence electrons. The van der Waals surface area contributed by atoms with Crippen LogP contribution in [0.3, 0.4) is 0 Å². The van der Waals surface area contributed by atoms with Gasteiger partial charge in [-0.3, -0.25) is 9.63 Å². The number of carbonyl (C=O) groups excluding carboxylic acids is 1. The van der Waals surface area contributed by atoms with Crippen molar-refractivity contribution < 1.29 is 14.2 Å². The lowest BCUT2D eigenvalue weighted by Crippen LogP contribution is -2.57. The highest BCUT2D eigenvalue weighted by Gasteiger charge is 2.48. The van der Waals surface area contributed by atoms with Crippen LogP contribution in [0, 0.1) is 0 Å². The second-order valence-electron chi connectivity index (χ2n) is 10.8. The van der Waals surface area contributed by atoms with Crippen LogP contribution in [0.2, 0.25) is 18.1 Å². The maximum atomic E-state index is 13.2. The minimum atomic E-state index is -2.17. The molecule has 0 bridgehead atoms. The van der Waals surface area contributed by atoms with Crippen molar-refractivity contribution in [1.82, 2.24) is 5.23 Å². The van der Waals surface area contributed by atoms with Crippen molar-refractivity contribution in [3.63, 3.8) is 0 Å². The molecular weight excluding hydrogens is 402 g/mol. The fraction of sp³-hybridized carbons (Fsp3) is 0.500. The van der Waals surface area contributed by atoms with E-state index in [1.807, 2.05) is 36.4 Å². The Hall–Kier alpha value is -1.79. The van der Waals surface area contributed by atoms with Crippen molar-refractivity contribution in [2.24, 2.45) is 0 Å². The Morgan fingerprint density at radius 1 is 1.06 bits per heavy atom. The van der Waals surface area contributed by atoms with Gasteiger partial charge < -0.3 is 4.53 Å². The zero-order valence-corrected chi connectivity index (χ0v) is 21.0. The third-order valence-electron chi connectivity index (χ3n) is 6.63. The van der Waals surface area contributed by atoms with Gasteiger partial charge in [0.25, 0.3) is 0 Å². The van der Waals surface area contributed by atoms with Gasteiger partial charge in [-0.25, -0.2) is 0 Å². The average Bonchev–Trinajstić information content (AvgIpc) is 2.69. The Bertz CT molecular complexity index is 875. The van der Waals surface area contributed by atoms with Gasteiger partial charge in [0.1, 0.15) is 0 Å². The van der Waals surface area contributed by atoms with Gasteiger partial charge in [0.15, 0.2) is 5.78 Å². The predicted molar refractivity (Wildman–Crippen MR) is 128 cm³/mol. The molecular formula is C26H37NO3Si. The fourth-order valence-corrected chi connectivity index (χ4v) is 4.69. The maximum Gasteiger partial charge on any atom is 0.223 e. The molecule has 0 aromatic heterocycles. The van der Waals surface area contributed by atoms with E-state index < -0.39 is 13.9 Å². The van der Waals surface area contributed by atoms with Crippen LogP contribution in [0.1, 0.15) is 69.3 Å². The van der Waals surface area contributed by atoms with Gasteiger partial charge in [-0.2, -0.15) is 0 Å². The first kappa shape index (κ1) is 23.9. The van der Waals surface area contributed by atoms with Crippen LogP contribution in [0.15, 0.2) is 60.7 Å². The molecule has 1 fully saturated rings. The van der Waals surface area contributed by atoms with Crippen molar-refractivity contribution in [1.29, 1.82) is 0 Å². The highest BCUT2D eigenvalue weighted by molar-refractivity contribution is 6.74. The smallest absolute Gasteiger partial charge is 0.223 e. The first-order chi connectivity index (χ1) is 14.4. The summed E-state index contributed by atoms with van der Waals surface area (Å²) < 4.78 is 6.68. The van der Waals surface area contributed by atoms with E-state index in [-0.39, 0.29) is 22.8 Å². The zero-order chi connectivity index (χ0) is 22.9.